The molecular formula is C21H18N2O2S. The van der Waals surface area contributed by atoms with E-state index in [9.17, 15) is 9.90 Å². The average Bonchev–Trinajstić information content (AvgIpc) is 3.13. The Bertz CT molecular complexity index is 1090. The van der Waals surface area contributed by atoms with Crippen LogP contribution in [0.15, 0.2) is 54.7 Å². The van der Waals surface area contributed by atoms with Crippen LogP contribution >= 0.6 is 11.3 Å². The number of aromatic nitrogens is 2. The topological polar surface area (TPSA) is 54.6 Å². The van der Waals surface area contributed by atoms with Crippen molar-refractivity contribution >= 4 is 22.3 Å². The minimum Gasteiger partial charge on any atom is -0.481 e. The summed E-state index contributed by atoms with van der Waals surface area (Å²) in [5.74, 6) is -0.832. The number of imidazole rings is 1. The molecule has 2 aromatic heterocycles. The van der Waals surface area contributed by atoms with Crippen molar-refractivity contribution in [2.24, 2.45) is 0 Å². The summed E-state index contributed by atoms with van der Waals surface area (Å²) in [5.41, 5.74) is 6.25. The third-order valence-corrected chi connectivity index (χ3v) is 5.43. The Morgan fingerprint density at radius 1 is 1.00 bits per heavy atom. The third kappa shape index (κ3) is 3.02. The Kier molecular flexibility index (Phi) is 4.09. The molecule has 26 heavy (non-hydrogen) atoms. The van der Waals surface area contributed by atoms with E-state index in [0.717, 1.165) is 32.4 Å². The predicted octanol–water partition coefficient (Wildman–Crippen LogP) is 4.97. The monoisotopic (exact) mass is 362 g/mol. The summed E-state index contributed by atoms with van der Waals surface area (Å²) in [6.07, 6.45) is 1.99. The Hall–Kier alpha value is -2.92. The van der Waals surface area contributed by atoms with Crippen molar-refractivity contribution in [3.05, 3.63) is 70.7 Å². The smallest absolute Gasteiger partial charge is 0.308 e. The Labute approximate surface area is 155 Å². The maximum absolute atomic E-state index is 11.3. The van der Waals surface area contributed by atoms with Crippen LogP contribution in [0.5, 0.6) is 0 Å². The van der Waals surface area contributed by atoms with Gasteiger partial charge in [0.1, 0.15) is 0 Å². The van der Waals surface area contributed by atoms with Gasteiger partial charge >= 0.3 is 5.97 Å². The molecule has 0 amide bonds. The number of aryl methyl sites for hydroxylation is 2. The van der Waals surface area contributed by atoms with E-state index < -0.39 is 5.97 Å². The standard InChI is InChI=1S/C21H18N2O2S/c1-13-3-7-15(8-4-13)17-12-23-20(16-9-5-14(2)6-10-16)18(11-19(24)25)26-21(23)22-17/h3-10,12H,11H2,1-2H3,(H,24,25). The lowest BCUT2D eigenvalue weighted by Crippen LogP contribution is -2.00. The molecule has 0 aliphatic carbocycles. The summed E-state index contributed by atoms with van der Waals surface area (Å²) in [4.78, 5) is 17.7. The van der Waals surface area contributed by atoms with E-state index in [1.54, 1.807) is 0 Å². The van der Waals surface area contributed by atoms with Gasteiger partial charge in [-0.3, -0.25) is 9.20 Å². The minimum atomic E-state index is -0.832. The maximum Gasteiger partial charge on any atom is 0.308 e. The summed E-state index contributed by atoms with van der Waals surface area (Å²) >= 11 is 1.44. The summed E-state index contributed by atoms with van der Waals surface area (Å²) < 4.78 is 2.02. The third-order valence-electron chi connectivity index (χ3n) is 4.38. The van der Waals surface area contributed by atoms with Crippen LogP contribution in [0.3, 0.4) is 0 Å². The Balaban J connectivity index is 1.89. The normalized spacial score (nSPS) is 11.2. The number of carboxylic acid groups (broad SMARTS) is 1. The largest absolute Gasteiger partial charge is 0.481 e. The molecule has 0 unspecified atom stereocenters. The van der Waals surface area contributed by atoms with Crippen molar-refractivity contribution in [3.8, 4) is 22.5 Å². The molecule has 2 aromatic carbocycles. The first-order valence-corrected chi connectivity index (χ1v) is 9.19. The van der Waals surface area contributed by atoms with Gasteiger partial charge in [0.2, 0.25) is 0 Å². The molecule has 0 spiro atoms. The first-order chi connectivity index (χ1) is 12.5. The lowest BCUT2D eigenvalue weighted by molar-refractivity contribution is -0.136. The summed E-state index contributed by atoms with van der Waals surface area (Å²) in [6, 6.07) is 16.4. The number of fused-ring (bicyclic) bond motifs is 1. The number of aliphatic carboxylic acids is 1. The minimum absolute atomic E-state index is 0.00288. The van der Waals surface area contributed by atoms with Gasteiger partial charge in [0.05, 0.1) is 17.8 Å². The molecule has 0 aliphatic rings. The second-order valence-electron chi connectivity index (χ2n) is 6.46. The number of hydrogen-bond acceptors (Lipinski definition) is 3. The molecule has 4 rings (SSSR count). The Morgan fingerprint density at radius 3 is 2.15 bits per heavy atom. The van der Waals surface area contributed by atoms with E-state index in [2.05, 4.69) is 31.2 Å². The maximum atomic E-state index is 11.3. The molecule has 0 bridgehead atoms. The van der Waals surface area contributed by atoms with Crippen molar-refractivity contribution in [2.45, 2.75) is 20.3 Å². The molecule has 130 valence electrons. The average molecular weight is 362 g/mol. The van der Waals surface area contributed by atoms with Gasteiger partial charge in [-0.15, -0.1) is 11.3 Å². The summed E-state index contributed by atoms with van der Waals surface area (Å²) in [7, 11) is 0. The first kappa shape index (κ1) is 16.5. The summed E-state index contributed by atoms with van der Waals surface area (Å²) in [6.45, 7) is 4.10. The number of benzene rings is 2. The molecule has 0 atom stereocenters. The first-order valence-electron chi connectivity index (χ1n) is 8.38. The van der Waals surface area contributed by atoms with Crippen LogP contribution in [0.4, 0.5) is 0 Å². The van der Waals surface area contributed by atoms with E-state index in [0.29, 0.717) is 0 Å². The molecule has 2 heterocycles. The van der Waals surface area contributed by atoms with E-state index in [4.69, 9.17) is 4.98 Å². The van der Waals surface area contributed by atoms with Crippen LogP contribution in [0.25, 0.3) is 27.5 Å². The number of rotatable bonds is 4. The van der Waals surface area contributed by atoms with Crippen LogP contribution in [0.2, 0.25) is 0 Å². The summed E-state index contributed by atoms with van der Waals surface area (Å²) in [5, 5.41) is 9.28. The fourth-order valence-corrected chi connectivity index (χ4v) is 4.14. The Morgan fingerprint density at radius 2 is 1.58 bits per heavy atom. The van der Waals surface area contributed by atoms with Crippen molar-refractivity contribution in [2.75, 3.05) is 0 Å². The van der Waals surface area contributed by atoms with Crippen molar-refractivity contribution in [1.29, 1.82) is 0 Å². The molecule has 5 heteroatoms. The zero-order valence-electron chi connectivity index (χ0n) is 14.6. The van der Waals surface area contributed by atoms with Gasteiger partial charge in [-0.2, -0.15) is 0 Å². The second kappa shape index (κ2) is 6.42. The molecule has 4 aromatic rings. The van der Waals surface area contributed by atoms with E-state index >= 15 is 0 Å². The van der Waals surface area contributed by atoms with Crippen molar-refractivity contribution in [1.82, 2.24) is 9.38 Å². The molecule has 0 radical (unpaired) electrons. The van der Waals surface area contributed by atoms with E-state index in [1.807, 2.05) is 41.8 Å². The zero-order valence-corrected chi connectivity index (χ0v) is 15.4. The molecule has 0 aliphatic heterocycles. The van der Waals surface area contributed by atoms with Crippen LogP contribution in [-0.2, 0) is 11.2 Å². The van der Waals surface area contributed by atoms with Gasteiger partial charge in [-0.25, -0.2) is 4.98 Å². The van der Waals surface area contributed by atoms with Gasteiger partial charge in [0.15, 0.2) is 4.96 Å². The molecular weight excluding hydrogens is 344 g/mol. The van der Waals surface area contributed by atoms with Crippen molar-refractivity contribution < 1.29 is 9.90 Å². The highest BCUT2D eigenvalue weighted by Gasteiger charge is 2.19. The molecule has 0 fully saturated rings. The predicted molar refractivity (Wildman–Crippen MR) is 105 cm³/mol. The van der Waals surface area contributed by atoms with Gasteiger partial charge in [-0.1, -0.05) is 59.7 Å². The second-order valence-corrected chi connectivity index (χ2v) is 7.52. The lowest BCUT2D eigenvalue weighted by atomic mass is 10.1. The van der Waals surface area contributed by atoms with Crippen LogP contribution in [-0.4, -0.2) is 20.5 Å². The highest BCUT2D eigenvalue weighted by molar-refractivity contribution is 7.17. The SMILES string of the molecule is Cc1ccc(-c2cn3c(-c4ccc(C)cc4)c(CC(=O)O)sc3n2)cc1. The fraction of sp³-hybridized carbons (Fsp3) is 0.143. The van der Waals surface area contributed by atoms with E-state index in [1.165, 1.54) is 22.5 Å². The quantitative estimate of drug-likeness (QED) is 0.557. The van der Waals surface area contributed by atoms with Crippen LogP contribution < -0.4 is 0 Å². The molecule has 0 saturated heterocycles. The molecule has 0 saturated carbocycles. The molecule has 4 nitrogen and oxygen atoms in total. The van der Waals surface area contributed by atoms with Crippen molar-refractivity contribution in [3.63, 3.8) is 0 Å². The highest BCUT2D eigenvalue weighted by Crippen LogP contribution is 2.34. The van der Waals surface area contributed by atoms with Crippen LogP contribution in [0.1, 0.15) is 16.0 Å². The number of nitrogens with zero attached hydrogens (tertiary/aromatic N) is 2. The zero-order chi connectivity index (χ0) is 18.3. The number of carboxylic acids is 1. The van der Waals surface area contributed by atoms with Gasteiger partial charge < -0.3 is 5.11 Å². The number of thiazole rings is 1. The molecule has 1 N–H and O–H groups in total. The number of carbonyl (C=O) groups is 1. The number of hydrogen-bond donors (Lipinski definition) is 1. The van der Waals surface area contributed by atoms with Gasteiger partial charge in [0.25, 0.3) is 0 Å². The van der Waals surface area contributed by atoms with E-state index in [-0.39, 0.29) is 6.42 Å². The van der Waals surface area contributed by atoms with Gasteiger partial charge in [0, 0.05) is 16.6 Å². The fourth-order valence-electron chi connectivity index (χ4n) is 3.02. The van der Waals surface area contributed by atoms with Crippen LogP contribution in [0, 0.1) is 13.8 Å². The highest BCUT2D eigenvalue weighted by atomic mass is 32.1. The van der Waals surface area contributed by atoms with Gasteiger partial charge in [-0.05, 0) is 19.4 Å². The lowest BCUT2D eigenvalue weighted by Gasteiger charge is -2.04.